The highest BCUT2D eigenvalue weighted by atomic mass is 35.5. The van der Waals surface area contributed by atoms with Gasteiger partial charge in [0.2, 0.25) is 0 Å². The van der Waals surface area contributed by atoms with Crippen molar-refractivity contribution in [1.29, 1.82) is 0 Å². The van der Waals surface area contributed by atoms with Crippen LogP contribution in [0.2, 0.25) is 15.1 Å². The van der Waals surface area contributed by atoms with Crippen LogP contribution in [-0.2, 0) is 0 Å². The van der Waals surface area contributed by atoms with Crippen LogP contribution in [-0.4, -0.2) is 39.7 Å². The van der Waals surface area contributed by atoms with Crippen molar-refractivity contribution in [3.8, 4) is 16.9 Å². The Labute approximate surface area is 257 Å². The minimum absolute atomic E-state index is 0.217. The van der Waals surface area contributed by atoms with Gasteiger partial charge >= 0.3 is 0 Å². The smallest absolute Gasteiger partial charge is 0.272 e. The molecule has 7 nitrogen and oxygen atoms in total. The van der Waals surface area contributed by atoms with E-state index in [1.807, 2.05) is 32.9 Å². The van der Waals surface area contributed by atoms with Crippen molar-refractivity contribution in [2.24, 2.45) is 0 Å². The van der Waals surface area contributed by atoms with Crippen LogP contribution >= 0.6 is 34.8 Å². The summed E-state index contributed by atoms with van der Waals surface area (Å²) in [4.78, 5) is 29.1. The molecule has 0 bridgehead atoms. The van der Waals surface area contributed by atoms with Crippen LogP contribution < -0.4 is 10.6 Å². The predicted octanol–water partition coefficient (Wildman–Crippen LogP) is 8.20. The van der Waals surface area contributed by atoms with Gasteiger partial charge in [0.1, 0.15) is 0 Å². The molecule has 2 amide bonds. The monoisotopic (exact) mass is 615 g/mol. The Bertz CT molecular complexity index is 1410. The first-order valence-corrected chi connectivity index (χ1v) is 14.7. The van der Waals surface area contributed by atoms with Gasteiger partial charge in [0.05, 0.1) is 22.0 Å². The Morgan fingerprint density at radius 1 is 0.854 bits per heavy atom. The lowest BCUT2D eigenvalue weighted by molar-refractivity contribution is 0.0924. The maximum Gasteiger partial charge on any atom is 0.272 e. The first kappa shape index (κ1) is 33.8. The molecule has 0 aliphatic carbocycles. The van der Waals surface area contributed by atoms with Crippen LogP contribution in [0.3, 0.4) is 0 Å². The van der Waals surface area contributed by atoms with E-state index in [0.29, 0.717) is 37.6 Å². The maximum atomic E-state index is 13.0. The molecule has 4 aromatic rings. The Balaban J connectivity index is 0.000000902. The fourth-order valence-corrected chi connectivity index (χ4v) is 4.14. The average Bonchev–Trinajstić information content (AvgIpc) is 3.33. The third-order valence-electron chi connectivity index (χ3n) is 5.71. The highest BCUT2D eigenvalue weighted by molar-refractivity contribution is 6.35. The summed E-state index contributed by atoms with van der Waals surface area (Å²) >= 11 is 18.6. The SMILES string of the molecule is CC.CCCC.Cc1c(C(=O)NCCNC(=O)c2cccnc2)nn(-c2ccc(Cl)cc2Cl)c1-c1ccc(Cl)cc1. The number of pyridine rings is 1. The third kappa shape index (κ3) is 9.59. The van der Waals surface area contributed by atoms with Crippen molar-refractivity contribution < 1.29 is 9.59 Å². The van der Waals surface area contributed by atoms with E-state index < -0.39 is 0 Å². The van der Waals surface area contributed by atoms with E-state index >= 15 is 0 Å². The zero-order valence-electron chi connectivity index (χ0n) is 24.0. The number of nitrogens with one attached hydrogen (secondary N) is 2. The molecule has 0 aliphatic heterocycles. The fraction of sp³-hybridized carbons (Fsp3) is 0.290. The molecule has 41 heavy (non-hydrogen) atoms. The number of hydrogen-bond donors (Lipinski definition) is 2. The summed E-state index contributed by atoms with van der Waals surface area (Å²) in [6, 6.07) is 15.6. The second kappa shape index (κ2) is 17.4. The number of halogens is 3. The Hall–Kier alpha value is -3.39. The minimum atomic E-state index is -0.378. The molecule has 0 radical (unpaired) electrons. The van der Waals surface area contributed by atoms with Crippen molar-refractivity contribution in [3.63, 3.8) is 0 Å². The zero-order chi connectivity index (χ0) is 30.4. The van der Waals surface area contributed by atoms with Gasteiger partial charge < -0.3 is 10.6 Å². The first-order valence-electron chi connectivity index (χ1n) is 13.5. The van der Waals surface area contributed by atoms with E-state index in [-0.39, 0.29) is 30.6 Å². The standard InChI is InChI=1S/C25H20Cl3N5O2.C4H10.C2H6/c1-15-22(25(35)31-12-11-30-24(34)17-3-2-10-29-14-17)32-33(21-9-8-19(27)13-20(21)28)23(15)16-4-6-18(26)7-5-16;1-3-4-2;1-2/h2-10,13-14H,11-12H2,1H3,(H,30,34)(H,31,35);3-4H2,1-2H3;1-2H3. The van der Waals surface area contributed by atoms with Crippen LogP contribution in [0.5, 0.6) is 0 Å². The van der Waals surface area contributed by atoms with Crippen LogP contribution in [0, 0.1) is 6.92 Å². The number of hydrogen-bond acceptors (Lipinski definition) is 4. The van der Waals surface area contributed by atoms with E-state index in [1.165, 1.54) is 19.0 Å². The largest absolute Gasteiger partial charge is 0.350 e. The van der Waals surface area contributed by atoms with Gasteiger partial charge in [-0.3, -0.25) is 14.6 Å². The van der Waals surface area contributed by atoms with E-state index in [1.54, 1.807) is 53.3 Å². The summed E-state index contributed by atoms with van der Waals surface area (Å²) < 4.78 is 1.62. The number of rotatable bonds is 8. The summed E-state index contributed by atoms with van der Waals surface area (Å²) in [6.45, 7) is 10.6. The minimum Gasteiger partial charge on any atom is -0.350 e. The van der Waals surface area contributed by atoms with Crippen molar-refractivity contribution in [3.05, 3.63) is 98.9 Å². The molecule has 10 heteroatoms. The normalized spacial score (nSPS) is 10.0. The number of carbonyl (C=O) groups excluding carboxylic acids is 2. The number of aromatic nitrogens is 3. The fourth-order valence-electron chi connectivity index (χ4n) is 3.52. The van der Waals surface area contributed by atoms with Crippen LogP contribution in [0.4, 0.5) is 0 Å². The number of carbonyl (C=O) groups is 2. The molecule has 0 aliphatic rings. The molecule has 0 spiro atoms. The predicted molar refractivity (Wildman–Crippen MR) is 170 cm³/mol. The molecular formula is C31H36Cl3N5O2. The van der Waals surface area contributed by atoms with Gasteiger partial charge in [0.25, 0.3) is 11.8 Å². The molecular weight excluding hydrogens is 581 g/mol. The van der Waals surface area contributed by atoms with Crippen LogP contribution in [0.1, 0.15) is 66.9 Å². The molecule has 2 N–H and O–H groups in total. The molecule has 0 unspecified atom stereocenters. The Kier molecular flexibility index (Phi) is 14.4. The summed E-state index contributed by atoms with van der Waals surface area (Å²) in [5.41, 5.74) is 3.43. The summed E-state index contributed by atoms with van der Waals surface area (Å²) in [5.74, 6) is -0.646. The van der Waals surface area contributed by atoms with Crippen LogP contribution in [0.15, 0.2) is 67.0 Å². The molecule has 0 fully saturated rings. The number of benzene rings is 2. The molecule has 218 valence electrons. The van der Waals surface area contributed by atoms with Gasteiger partial charge in [-0.1, -0.05) is 87.5 Å². The van der Waals surface area contributed by atoms with Crippen molar-refractivity contribution >= 4 is 46.6 Å². The van der Waals surface area contributed by atoms with Gasteiger partial charge in [-0.25, -0.2) is 4.68 Å². The lowest BCUT2D eigenvalue weighted by Gasteiger charge is -2.11. The van der Waals surface area contributed by atoms with Gasteiger partial charge in [-0.05, 0) is 49.4 Å². The molecule has 0 saturated heterocycles. The third-order valence-corrected chi connectivity index (χ3v) is 6.50. The molecule has 2 aromatic carbocycles. The lowest BCUT2D eigenvalue weighted by atomic mass is 10.1. The summed E-state index contributed by atoms with van der Waals surface area (Å²) in [6.07, 6.45) is 5.71. The maximum absolute atomic E-state index is 13.0. The second-order valence-electron chi connectivity index (χ2n) is 8.59. The van der Waals surface area contributed by atoms with Gasteiger partial charge in [-0.15, -0.1) is 0 Å². The van der Waals surface area contributed by atoms with Crippen molar-refractivity contribution in [2.45, 2.75) is 47.5 Å². The van der Waals surface area contributed by atoms with Crippen LogP contribution in [0.25, 0.3) is 16.9 Å². The van der Waals surface area contributed by atoms with E-state index in [9.17, 15) is 9.59 Å². The van der Waals surface area contributed by atoms with Crippen molar-refractivity contribution in [2.75, 3.05) is 13.1 Å². The van der Waals surface area contributed by atoms with E-state index in [4.69, 9.17) is 34.8 Å². The van der Waals surface area contributed by atoms with E-state index in [2.05, 4.69) is 34.6 Å². The number of unbranched alkanes of at least 4 members (excludes halogenated alkanes) is 1. The molecule has 4 rings (SSSR count). The van der Waals surface area contributed by atoms with Gasteiger partial charge in [0, 0.05) is 46.7 Å². The highest BCUT2D eigenvalue weighted by Crippen LogP contribution is 2.33. The first-order chi connectivity index (χ1) is 19.8. The average molecular weight is 617 g/mol. The zero-order valence-corrected chi connectivity index (χ0v) is 26.2. The Morgan fingerprint density at radius 3 is 2.02 bits per heavy atom. The quantitative estimate of drug-likeness (QED) is 0.195. The molecule has 0 saturated carbocycles. The number of nitrogens with zero attached hydrogens (tertiary/aromatic N) is 3. The number of amides is 2. The van der Waals surface area contributed by atoms with Gasteiger partial charge in [-0.2, -0.15) is 5.10 Å². The second-order valence-corrected chi connectivity index (χ2v) is 9.87. The topological polar surface area (TPSA) is 88.9 Å². The lowest BCUT2D eigenvalue weighted by Crippen LogP contribution is -2.35. The molecule has 0 atom stereocenters. The molecule has 2 heterocycles. The van der Waals surface area contributed by atoms with Crippen molar-refractivity contribution in [1.82, 2.24) is 25.4 Å². The molecule has 2 aromatic heterocycles. The summed E-state index contributed by atoms with van der Waals surface area (Å²) in [7, 11) is 0. The Morgan fingerprint density at radius 2 is 1.46 bits per heavy atom. The van der Waals surface area contributed by atoms with E-state index in [0.717, 1.165) is 5.56 Å². The van der Waals surface area contributed by atoms with Gasteiger partial charge in [0.15, 0.2) is 5.69 Å². The summed E-state index contributed by atoms with van der Waals surface area (Å²) in [5, 5.41) is 11.6. The highest BCUT2D eigenvalue weighted by Gasteiger charge is 2.23.